The largest absolute Gasteiger partial charge is 0.468 e. The first-order chi connectivity index (χ1) is 13.9. The highest BCUT2D eigenvalue weighted by molar-refractivity contribution is 5.97. The normalized spacial score (nSPS) is 27.0. The van der Waals surface area contributed by atoms with E-state index in [1.165, 1.54) is 7.11 Å². The van der Waals surface area contributed by atoms with Crippen LogP contribution in [0.25, 0.3) is 0 Å². The lowest BCUT2D eigenvalue weighted by molar-refractivity contribution is -0.147. The van der Waals surface area contributed by atoms with E-state index in [9.17, 15) is 9.59 Å². The van der Waals surface area contributed by atoms with E-state index in [0.717, 1.165) is 19.3 Å². The minimum absolute atomic E-state index is 0.0847. The number of hydrogen-bond acceptors (Lipinski definition) is 6. The second-order valence-electron chi connectivity index (χ2n) is 7.14. The molecule has 2 rings (SSSR count). The van der Waals surface area contributed by atoms with Crippen LogP contribution in [0.3, 0.4) is 0 Å². The monoisotopic (exact) mass is 405 g/mol. The summed E-state index contributed by atoms with van der Waals surface area (Å²) in [6, 6.07) is 0. The summed E-state index contributed by atoms with van der Waals surface area (Å²) in [5, 5.41) is 0. The number of ether oxygens (including phenoxy) is 3. The van der Waals surface area contributed by atoms with Crippen LogP contribution in [0.5, 0.6) is 0 Å². The highest BCUT2D eigenvalue weighted by Gasteiger charge is 2.46. The zero-order chi connectivity index (χ0) is 21.9. The molecule has 2 bridgehead atoms. The number of fused-ring (bicyclic) bond motifs is 2. The van der Waals surface area contributed by atoms with E-state index >= 15 is 0 Å². The Kier molecular flexibility index (Phi) is 10.6. The fraction of sp³-hybridized carbons (Fsp3) is 0.609. The molecule has 1 saturated heterocycles. The smallest absolute Gasteiger partial charge is 0.336 e. The molecular weight excluding hydrogens is 370 g/mol. The standard InChI is InChI=1S/C21H29NO5.C2H6/c1-5-6-9-17(22-13-19(23)25-4)14-27-21(3)16-8-7-10-26-20(24)18(21)12-15(2)11-16;1-2/h5-6,9,12,15-16H,1,7-8,10-11,13-14H2,2-4H3;1-2H3/b9-6-,22-17?;/t15?,16?,21-;/m0./s1. The van der Waals surface area contributed by atoms with Crippen LogP contribution in [-0.2, 0) is 23.8 Å². The van der Waals surface area contributed by atoms with E-state index < -0.39 is 11.6 Å². The molecule has 1 heterocycles. The van der Waals surface area contributed by atoms with E-state index in [2.05, 4.69) is 23.2 Å². The maximum absolute atomic E-state index is 12.5. The first-order valence-electron chi connectivity index (χ1n) is 10.3. The lowest BCUT2D eigenvalue weighted by Gasteiger charge is -2.44. The first kappa shape index (κ1) is 24.8. The summed E-state index contributed by atoms with van der Waals surface area (Å²) in [6.07, 6.45) is 9.79. The van der Waals surface area contributed by atoms with Crippen LogP contribution >= 0.6 is 0 Å². The maximum Gasteiger partial charge on any atom is 0.336 e. The van der Waals surface area contributed by atoms with Crippen molar-refractivity contribution in [1.29, 1.82) is 0 Å². The van der Waals surface area contributed by atoms with Crippen LogP contribution in [-0.4, -0.2) is 50.1 Å². The fourth-order valence-electron chi connectivity index (χ4n) is 3.62. The van der Waals surface area contributed by atoms with E-state index in [1.54, 1.807) is 18.2 Å². The zero-order valence-corrected chi connectivity index (χ0v) is 18.4. The summed E-state index contributed by atoms with van der Waals surface area (Å²) in [6.45, 7) is 12.3. The van der Waals surface area contributed by atoms with Gasteiger partial charge in [0.15, 0.2) is 0 Å². The Morgan fingerprint density at radius 2 is 2.17 bits per heavy atom. The average Bonchev–Trinajstić information content (AvgIpc) is 2.73. The number of carbonyl (C=O) groups excluding carboxylic acids is 2. The fourth-order valence-corrected chi connectivity index (χ4v) is 3.62. The zero-order valence-electron chi connectivity index (χ0n) is 18.4. The van der Waals surface area contributed by atoms with Crippen molar-refractivity contribution in [2.75, 3.05) is 26.9 Å². The summed E-state index contributed by atoms with van der Waals surface area (Å²) in [5.41, 5.74) is 0.438. The average molecular weight is 406 g/mol. The van der Waals surface area contributed by atoms with Gasteiger partial charge in [0.2, 0.25) is 0 Å². The quantitative estimate of drug-likeness (QED) is 0.363. The second-order valence-corrected chi connectivity index (χ2v) is 7.14. The Bertz CT molecular complexity index is 664. The molecule has 1 aliphatic heterocycles. The van der Waals surface area contributed by atoms with Gasteiger partial charge >= 0.3 is 11.9 Å². The van der Waals surface area contributed by atoms with Crippen molar-refractivity contribution in [1.82, 2.24) is 0 Å². The van der Waals surface area contributed by atoms with Gasteiger partial charge in [0.1, 0.15) is 12.1 Å². The maximum atomic E-state index is 12.5. The van der Waals surface area contributed by atoms with E-state index in [4.69, 9.17) is 9.47 Å². The molecule has 0 N–H and O–H groups in total. The molecule has 0 aromatic heterocycles. The summed E-state index contributed by atoms with van der Waals surface area (Å²) in [5.74, 6) is -0.192. The van der Waals surface area contributed by atoms with Gasteiger partial charge in [-0.1, -0.05) is 45.6 Å². The Labute approximate surface area is 174 Å². The third kappa shape index (κ3) is 6.96. The highest BCUT2D eigenvalue weighted by Crippen LogP contribution is 2.43. The van der Waals surface area contributed by atoms with Crippen molar-refractivity contribution in [3.8, 4) is 0 Å². The van der Waals surface area contributed by atoms with Gasteiger partial charge in [0.25, 0.3) is 0 Å². The topological polar surface area (TPSA) is 74.2 Å². The van der Waals surface area contributed by atoms with Crippen LogP contribution in [0.4, 0.5) is 0 Å². The molecule has 0 spiro atoms. The second kappa shape index (κ2) is 12.4. The van der Waals surface area contributed by atoms with Crippen molar-refractivity contribution in [2.24, 2.45) is 16.8 Å². The number of esters is 2. The number of methoxy groups -OCH3 is 1. The van der Waals surface area contributed by atoms with Gasteiger partial charge in [-0.25, -0.2) is 4.79 Å². The van der Waals surface area contributed by atoms with Crippen molar-refractivity contribution in [2.45, 2.75) is 52.6 Å². The number of carbonyl (C=O) groups is 2. The number of allylic oxidation sites excluding steroid dienone is 3. The molecular formula is C23H35NO5. The molecule has 6 heteroatoms. The first-order valence-corrected chi connectivity index (χ1v) is 10.3. The van der Waals surface area contributed by atoms with Crippen LogP contribution in [0.1, 0.15) is 47.0 Å². The lowest BCUT2D eigenvalue weighted by atomic mass is 9.70. The van der Waals surface area contributed by atoms with E-state index in [1.807, 2.05) is 26.8 Å². The molecule has 29 heavy (non-hydrogen) atoms. The number of hydrogen-bond donors (Lipinski definition) is 0. The Balaban J connectivity index is 0.00000204. The molecule has 1 fully saturated rings. The molecule has 6 nitrogen and oxygen atoms in total. The van der Waals surface area contributed by atoms with Crippen molar-refractivity contribution in [3.05, 3.63) is 36.5 Å². The van der Waals surface area contributed by atoms with Gasteiger partial charge in [-0.05, 0) is 44.1 Å². The lowest BCUT2D eigenvalue weighted by Crippen LogP contribution is -2.48. The number of aliphatic imine (C=N–C) groups is 1. The molecule has 1 aliphatic carbocycles. The van der Waals surface area contributed by atoms with E-state index in [0.29, 0.717) is 23.8 Å². The predicted octanol–water partition coefficient (Wildman–Crippen LogP) is 4.06. The van der Waals surface area contributed by atoms with Crippen molar-refractivity contribution < 1.29 is 23.8 Å². The van der Waals surface area contributed by atoms with Crippen molar-refractivity contribution in [3.63, 3.8) is 0 Å². The van der Waals surface area contributed by atoms with Gasteiger partial charge in [0.05, 0.1) is 31.6 Å². The molecule has 0 radical (unpaired) electrons. The van der Waals surface area contributed by atoms with E-state index in [-0.39, 0.29) is 25.0 Å². The van der Waals surface area contributed by atoms with Crippen LogP contribution in [0.15, 0.2) is 41.4 Å². The van der Waals surface area contributed by atoms with Crippen LogP contribution in [0.2, 0.25) is 0 Å². The minimum Gasteiger partial charge on any atom is -0.468 e. The third-order valence-corrected chi connectivity index (χ3v) is 5.15. The van der Waals surface area contributed by atoms with Crippen molar-refractivity contribution >= 4 is 17.7 Å². The van der Waals surface area contributed by atoms with Gasteiger partial charge in [-0.3, -0.25) is 9.79 Å². The van der Waals surface area contributed by atoms with Gasteiger partial charge < -0.3 is 14.2 Å². The Morgan fingerprint density at radius 1 is 1.45 bits per heavy atom. The molecule has 0 amide bonds. The van der Waals surface area contributed by atoms with Gasteiger partial charge in [-0.2, -0.15) is 0 Å². The van der Waals surface area contributed by atoms with Crippen LogP contribution < -0.4 is 0 Å². The van der Waals surface area contributed by atoms with Crippen LogP contribution in [0, 0.1) is 11.8 Å². The van der Waals surface area contributed by atoms with Gasteiger partial charge in [-0.15, -0.1) is 0 Å². The summed E-state index contributed by atoms with van der Waals surface area (Å²) in [7, 11) is 1.32. The number of cyclic esters (lactones) is 1. The minimum atomic E-state index is -0.738. The molecule has 2 aliphatic rings. The third-order valence-electron chi connectivity index (χ3n) is 5.15. The molecule has 0 aromatic carbocycles. The SMILES string of the molecule is C=C/C=C\C(CO[C@]1(C)C2=CC(C)CC1CCCOC2=O)=NCC(=O)OC.CC. The summed E-state index contributed by atoms with van der Waals surface area (Å²) >= 11 is 0. The Hall–Kier alpha value is -2.21. The molecule has 0 aromatic rings. The molecule has 162 valence electrons. The molecule has 2 unspecified atom stereocenters. The highest BCUT2D eigenvalue weighted by atomic mass is 16.5. The van der Waals surface area contributed by atoms with Gasteiger partial charge in [0, 0.05) is 0 Å². The molecule has 3 atom stereocenters. The molecule has 0 saturated carbocycles. The summed E-state index contributed by atoms with van der Waals surface area (Å²) < 4.78 is 16.3. The number of rotatable bonds is 7. The summed E-state index contributed by atoms with van der Waals surface area (Å²) in [4.78, 5) is 28.2. The Morgan fingerprint density at radius 3 is 2.83 bits per heavy atom. The number of nitrogens with zero attached hydrogens (tertiary/aromatic N) is 1. The predicted molar refractivity (Wildman–Crippen MR) is 115 cm³/mol.